The minimum atomic E-state index is -1.11. The van der Waals surface area contributed by atoms with Crippen LogP contribution in [0.1, 0.15) is 69.1 Å². The van der Waals surface area contributed by atoms with Crippen molar-refractivity contribution in [3.8, 4) is 0 Å². The first kappa shape index (κ1) is 21.6. The van der Waals surface area contributed by atoms with Gasteiger partial charge in [0.1, 0.15) is 11.1 Å². The number of carbonyl (C=O) groups is 2. The molecule has 0 spiro atoms. The maximum absolute atomic E-state index is 12.8. The standard InChI is InChI=1S/C18H30N2O4S/c1-7-11(4)12(5)17(22)20(6)14(10(2)3)8-15(21)16-19-13(9-25-16)18(23)24/h9-12,14-15,21H,7-8H2,1-6H3,(H,23,24)/t11?,12-,14+,15+/m0/s1. The number of thiazole rings is 1. The smallest absolute Gasteiger partial charge is 0.355 e. The number of amides is 1. The van der Waals surface area contributed by atoms with Crippen LogP contribution in [-0.4, -0.2) is 45.1 Å². The first-order chi connectivity index (χ1) is 11.6. The third-order valence-electron chi connectivity index (χ3n) is 4.99. The second kappa shape index (κ2) is 9.29. The zero-order chi connectivity index (χ0) is 19.3. The van der Waals surface area contributed by atoms with E-state index in [1.165, 1.54) is 5.38 Å². The minimum Gasteiger partial charge on any atom is -0.476 e. The fourth-order valence-corrected chi connectivity index (χ4v) is 3.62. The molecule has 0 aliphatic rings. The van der Waals surface area contributed by atoms with Crippen LogP contribution in [0.4, 0.5) is 0 Å². The van der Waals surface area contributed by atoms with E-state index in [2.05, 4.69) is 18.8 Å². The molecular formula is C18H30N2O4S. The number of aromatic carboxylic acids is 1. The molecule has 0 radical (unpaired) electrons. The lowest BCUT2D eigenvalue weighted by molar-refractivity contribution is -0.139. The van der Waals surface area contributed by atoms with Crippen LogP contribution in [0.2, 0.25) is 0 Å². The molecule has 0 fully saturated rings. The lowest BCUT2D eigenvalue weighted by atomic mass is 9.90. The molecule has 1 rings (SSSR count). The van der Waals surface area contributed by atoms with Crippen molar-refractivity contribution in [2.45, 2.75) is 59.6 Å². The zero-order valence-electron chi connectivity index (χ0n) is 15.9. The van der Waals surface area contributed by atoms with E-state index in [1.807, 2.05) is 20.8 Å². The van der Waals surface area contributed by atoms with Gasteiger partial charge in [-0.3, -0.25) is 4.79 Å². The van der Waals surface area contributed by atoms with E-state index in [0.29, 0.717) is 17.3 Å². The van der Waals surface area contributed by atoms with Crippen molar-refractivity contribution in [3.63, 3.8) is 0 Å². The summed E-state index contributed by atoms with van der Waals surface area (Å²) < 4.78 is 0. The van der Waals surface area contributed by atoms with Crippen molar-refractivity contribution in [2.24, 2.45) is 17.8 Å². The number of hydrogen-bond donors (Lipinski definition) is 2. The number of carbonyl (C=O) groups excluding carboxylic acids is 1. The van der Waals surface area contributed by atoms with Gasteiger partial charge in [0, 0.05) is 30.8 Å². The Balaban J connectivity index is 2.88. The third-order valence-corrected chi connectivity index (χ3v) is 5.94. The molecule has 142 valence electrons. The SMILES string of the molecule is CCC(C)[C@H](C)C(=O)N(C)[C@H](C[C@@H](O)c1nc(C(=O)O)cs1)C(C)C. The van der Waals surface area contributed by atoms with Crippen molar-refractivity contribution in [1.82, 2.24) is 9.88 Å². The quantitative estimate of drug-likeness (QED) is 0.695. The molecule has 25 heavy (non-hydrogen) atoms. The van der Waals surface area contributed by atoms with E-state index < -0.39 is 12.1 Å². The van der Waals surface area contributed by atoms with E-state index in [0.717, 1.165) is 17.8 Å². The summed E-state index contributed by atoms with van der Waals surface area (Å²) >= 11 is 1.13. The monoisotopic (exact) mass is 370 g/mol. The van der Waals surface area contributed by atoms with E-state index in [4.69, 9.17) is 5.11 Å². The third kappa shape index (κ3) is 5.51. The van der Waals surface area contributed by atoms with Gasteiger partial charge >= 0.3 is 5.97 Å². The number of aromatic nitrogens is 1. The van der Waals surface area contributed by atoms with Crippen LogP contribution in [0.5, 0.6) is 0 Å². The molecule has 0 saturated carbocycles. The lowest BCUT2D eigenvalue weighted by Gasteiger charge is -2.35. The Morgan fingerprint density at radius 3 is 2.32 bits per heavy atom. The highest BCUT2D eigenvalue weighted by Gasteiger charge is 2.31. The van der Waals surface area contributed by atoms with Gasteiger partial charge in [0.15, 0.2) is 5.69 Å². The highest BCUT2D eigenvalue weighted by atomic mass is 32.1. The van der Waals surface area contributed by atoms with Gasteiger partial charge in [0.2, 0.25) is 5.91 Å². The predicted octanol–water partition coefficient (Wildman–Crippen LogP) is 3.43. The molecule has 6 nitrogen and oxygen atoms in total. The number of aliphatic hydroxyl groups is 1. The van der Waals surface area contributed by atoms with Crippen molar-refractivity contribution in [1.29, 1.82) is 0 Å². The van der Waals surface area contributed by atoms with Crippen molar-refractivity contribution < 1.29 is 19.8 Å². The maximum atomic E-state index is 12.8. The highest BCUT2D eigenvalue weighted by Crippen LogP contribution is 2.28. The Hall–Kier alpha value is -1.47. The molecule has 1 aromatic heterocycles. The van der Waals surface area contributed by atoms with Gasteiger partial charge in [0.25, 0.3) is 0 Å². The molecule has 7 heteroatoms. The topological polar surface area (TPSA) is 90.7 Å². The molecule has 0 saturated heterocycles. The van der Waals surface area contributed by atoms with Gasteiger partial charge in [-0.1, -0.05) is 41.0 Å². The average molecular weight is 371 g/mol. The lowest BCUT2D eigenvalue weighted by Crippen LogP contribution is -2.44. The predicted molar refractivity (Wildman–Crippen MR) is 98.7 cm³/mol. The summed E-state index contributed by atoms with van der Waals surface area (Å²) in [5.74, 6) is -0.654. The number of aliphatic hydroxyl groups excluding tert-OH is 1. The molecule has 1 unspecified atom stereocenters. The summed E-state index contributed by atoms with van der Waals surface area (Å²) in [6.07, 6.45) is 0.381. The molecule has 0 bridgehead atoms. The highest BCUT2D eigenvalue weighted by molar-refractivity contribution is 7.09. The van der Waals surface area contributed by atoms with Crippen molar-refractivity contribution in [3.05, 3.63) is 16.1 Å². The Bertz CT molecular complexity index is 587. The molecule has 1 aromatic rings. The number of nitrogens with zero attached hydrogens (tertiary/aromatic N) is 2. The van der Waals surface area contributed by atoms with Gasteiger partial charge in [-0.25, -0.2) is 9.78 Å². The van der Waals surface area contributed by atoms with E-state index in [1.54, 1.807) is 11.9 Å². The summed E-state index contributed by atoms with van der Waals surface area (Å²) in [7, 11) is 1.78. The van der Waals surface area contributed by atoms with E-state index in [-0.39, 0.29) is 29.5 Å². The van der Waals surface area contributed by atoms with E-state index in [9.17, 15) is 14.7 Å². The zero-order valence-corrected chi connectivity index (χ0v) is 16.7. The number of carboxylic acid groups (broad SMARTS) is 1. The fourth-order valence-electron chi connectivity index (χ4n) is 2.83. The van der Waals surface area contributed by atoms with Crippen molar-refractivity contribution in [2.75, 3.05) is 7.05 Å². The molecule has 1 heterocycles. The molecule has 4 atom stereocenters. The number of hydrogen-bond acceptors (Lipinski definition) is 5. The van der Waals surface area contributed by atoms with Gasteiger partial charge in [0.05, 0.1) is 0 Å². The number of rotatable bonds is 9. The summed E-state index contributed by atoms with van der Waals surface area (Å²) in [6.45, 7) is 10.1. The average Bonchev–Trinajstić information content (AvgIpc) is 3.06. The normalized spacial score (nSPS) is 16.3. The van der Waals surface area contributed by atoms with Crippen LogP contribution in [0, 0.1) is 17.8 Å². The second-order valence-corrected chi connectivity index (χ2v) is 7.95. The van der Waals surface area contributed by atoms with Crippen LogP contribution in [-0.2, 0) is 4.79 Å². The Morgan fingerprint density at radius 2 is 1.88 bits per heavy atom. The van der Waals surface area contributed by atoms with Gasteiger partial charge in [-0.15, -0.1) is 11.3 Å². The van der Waals surface area contributed by atoms with Gasteiger partial charge in [-0.2, -0.15) is 0 Å². The largest absolute Gasteiger partial charge is 0.476 e. The van der Waals surface area contributed by atoms with Crippen LogP contribution in [0.15, 0.2) is 5.38 Å². The molecule has 0 aromatic carbocycles. The molecular weight excluding hydrogens is 340 g/mol. The maximum Gasteiger partial charge on any atom is 0.355 e. The Kier molecular flexibility index (Phi) is 8.02. The van der Waals surface area contributed by atoms with Crippen molar-refractivity contribution >= 4 is 23.2 Å². The van der Waals surface area contributed by atoms with Gasteiger partial charge in [-0.05, 0) is 11.8 Å². The van der Waals surface area contributed by atoms with Gasteiger partial charge < -0.3 is 15.1 Å². The summed E-state index contributed by atoms with van der Waals surface area (Å²) in [4.78, 5) is 29.4. The number of carboxylic acids is 1. The van der Waals surface area contributed by atoms with Crippen LogP contribution >= 0.6 is 11.3 Å². The second-order valence-electron chi connectivity index (χ2n) is 7.06. The summed E-state index contributed by atoms with van der Waals surface area (Å²) in [6, 6.07) is -0.147. The molecule has 2 N–H and O–H groups in total. The summed E-state index contributed by atoms with van der Waals surface area (Å²) in [5, 5.41) is 21.2. The van der Waals surface area contributed by atoms with Crippen LogP contribution in [0.3, 0.4) is 0 Å². The first-order valence-electron chi connectivity index (χ1n) is 8.73. The van der Waals surface area contributed by atoms with Crippen LogP contribution < -0.4 is 0 Å². The molecule has 0 aliphatic carbocycles. The van der Waals surface area contributed by atoms with Crippen LogP contribution in [0.25, 0.3) is 0 Å². The fraction of sp³-hybridized carbons (Fsp3) is 0.722. The first-order valence-corrected chi connectivity index (χ1v) is 9.61. The Labute approximate surface area is 153 Å². The molecule has 1 amide bonds. The Morgan fingerprint density at radius 1 is 1.28 bits per heavy atom. The minimum absolute atomic E-state index is 0.0602. The summed E-state index contributed by atoms with van der Waals surface area (Å²) in [5.41, 5.74) is -0.0602. The van der Waals surface area contributed by atoms with E-state index >= 15 is 0 Å². The molecule has 0 aliphatic heterocycles.